The molecule has 22 nitrogen and oxygen atoms in total. The van der Waals surface area contributed by atoms with Crippen LogP contribution in [0, 0.1) is 11.6 Å². The number of amides is 4. The van der Waals surface area contributed by atoms with E-state index in [2.05, 4.69) is 40.0 Å². The Hall–Kier alpha value is -8.14. The van der Waals surface area contributed by atoms with Crippen LogP contribution >= 0.6 is 21.6 Å². The van der Waals surface area contributed by atoms with Crippen LogP contribution in [0.25, 0.3) is 39.1 Å². The fraction of sp³-hybridized carbons (Fsp3) is 0.315. The van der Waals surface area contributed by atoms with Gasteiger partial charge in [0.05, 0.1) is 23.9 Å². The molecule has 2 fully saturated rings. The molecule has 0 saturated carbocycles. The average molecular weight is 1170 g/mol. The Kier molecular flexibility index (Phi) is 17.8. The van der Waals surface area contributed by atoms with Gasteiger partial charge in [0.25, 0.3) is 10.0 Å². The lowest BCUT2D eigenvalue weighted by Gasteiger charge is -2.36. The summed E-state index contributed by atoms with van der Waals surface area (Å²) in [5.41, 5.74) is 10.3. The number of halogens is 2. The molecular weight excluding hydrogens is 1110 g/mol. The predicted octanol–water partition coefficient (Wildman–Crippen LogP) is 6.48. The number of primary amides is 1. The summed E-state index contributed by atoms with van der Waals surface area (Å²) in [4.78, 5) is 67.3. The number of methoxy groups -OCH3 is 1. The molecule has 0 aliphatic carbocycles. The van der Waals surface area contributed by atoms with E-state index in [1.807, 2.05) is 44.2 Å². The summed E-state index contributed by atoms with van der Waals surface area (Å²) in [5, 5.41) is 31.2. The number of piperazine rings is 2. The largest absolute Gasteiger partial charge is 0.508 e. The summed E-state index contributed by atoms with van der Waals surface area (Å²) in [5.74, 6) is -2.41. The lowest BCUT2D eigenvalue weighted by Crippen LogP contribution is -2.55. The van der Waals surface area contributed by atoms with Crippen molar-refractivity contribution in [1.29, 1.82) is 0 Å². The second-order valence-corrected chi connectivity index (χ2v) is 23.6. The quantitative estimate of drug-likeness (QED) is 0.0373. The monoisotopic (exact) mass is 1170 g/mol. The smallest absolute Gasteiger partial charge is 0.409 e. The van der Waals surface area contributed by atoms with Crippen LogP contribution in [0.15, 0.2) is 107 Å². The van der Waals surface area contributed by atoms with Gasteiger partial charge in [-0.2, -0.15) is 5.10 Å². The zero-order valence-corrected chi connectivity index (χ0v) is 46.6. The van der Waals surface area contributed by atoms with Gasteiger partial charge in [-0.3, -0.25) is 19.4 Å². The molecule has 2 saturated heterocycles. The van der Waals surface area contributed by atoms with Crippen molar-refractivity contribution >= 4 is 71.9 Å². The molecule has 81 heavy (non-hydrogen) atoms. The highest BCUT2D eigenvalue weighted by molar-refractivity contribution is 8.76. The highest BCUT2D eigenvalue weighted by Gasteiger charge is 2.28. The molecule has 0 spiro atoms. The number of benzene rings is 4. The minimum absolute atomic E-state index is 0.0431. The number of H-pyrrole nitrogens is 1. The van der Waals surface area contributed by atoms with Crippen molar-refractivity contribution in [2.24, 2.45) is 5.73 Å². The number of anilines is 2. The van der Waals surface area contributed by atoms with Gasteiger partial charge in [0.2, 0.25) is 11.8 Å². The van der Waals surface area contributed by atoms with E-state index < -0.39 is 56.3 Å². The normalized spacial score (nSPS) is 14.5. The molecule has 2 aliphatic rings. The van der Waals surface area contributed by atoms with Crippen molar-refractivity contribution in [1.82, 2.24) is 44.7 Å². The summed E-state index contributed by atoms with van der Waals surface area (Å²) in [7, 11) is -0.491. The van der Waals surface area contributed by atoms with Crippen LogP contribution in [0.5, 0.6) is 17.4 Å². The van der Waals surface area contributed by atoms with Crippen LogP contribution in [0.4, 0.5) is 29.7 Å². The molecule has 7 N–H and O–H groups in total. The first-order chi connectivity index (χ1) is 38.9. The number of aromatic amines is 1. The molecule has 4 amide bonds. The molecule has 9 rings (SSSR count). The lowest BCUT2D eigenvalue weighted by molar-refractivity contribution is -0.119. The summed E-state index contributed by atoms with van der Waals surface area (Å²) in [6.07, 6.45) is 2.74. The SMILES string of the molecule is COc1ncc(-c2ccc3nccc(N4CCN(C(=O)OCCSSCC(NC(=O)N5CCN(Cc6ccc(-n7c(-c8cc(C(C)C)c(O)cc8O)n[nH]c7=O)cc6)CC5)C(N)=O)CC4)c3c2)cc1NS(=O)(=O)c1ccc(F)cc1F. The molecule has 0 radical (unpaired) electrons. The highest BCUT2D eigenvalue weighted by Crippen LogP contribution is 2.38. The third kappa shape index (κ3) is 13.4. The average Bonchev–Trinajstić information content (AvgIpc) is 4.13. The Labute approximate surface area is 472 Å². The molecule has 27 heteroatoms. The topological polar surface area (TPSA) is 284 Å². The van der Waals surface area contributed by atoms with Crippen LogP contribution in [0.3, 0.4) is 0 Å². The van der Waals surface area contributed by atoms with Crippen molar-refractivity contribution in [3.8, 4) is 45.6 Å². The van der Waals surface area contributed by atoms with Crippen molar-refractivity contribution < 1.29 is 51.3 Å². The number of carbonyl (C=O) groups excluding carboxylic acids is 3. The van der Waals surface area contributed by atoms with Crippen LogP contribution < -0.4 is 31.1 Å². The number of phenolic OH excluding ortho intramolecular Hbond substituents is 2. The number of rotatable bonds is 19. The molecule has 5 heterocycles. The zero-order chi connectivity index (χ0) is 57.5. The number of urea groups is 1. The summed E-state index contributed by atoms with van der Waals surface area (Å²) >= 11 is 0. The summed E-state index contributed by atoms with van der Waals surface area (Å²) in [6.45, 7) is 8.21. The molecule has 426 valence electrons. The van der Waals surface area contributed by atoms with Gasteiger partial charge in [0, 0.05) is 112 Å². The number of carbonyl (C=O) groups is 3. The Balaban J connectivity index is 0.698. The molecule has 2 aliphatic heterocycles. The van der Waals surface area contributed by atoms with Crippen molar-refractivity contribution in [2.75, 3.05) is 87.2 Å². The van der Waals surface area contributed by atoms with E-state index in [-0.39, 0.29) is 47.2 Å². The number of ether oxygens (including phenoxy) is 2. The number of aromatic hydroxyl groups is 2. The van der Waals surface area contributed by atoms with E-state index in [1.165, 1.54) is 51.6 Å². The first kappa shape index (κ1) is 57.5. The Morgan fingerprint density at radius 2 is 1.59 bits per heavy atom. The van der Waals surface area contributed by atoms with Gasteiger partial charge in [-0.05, 0) is 77.2 Å². The van der Waals surface area contributed by atoms with Crippen LogP contribution in [-0.2, 0) is 26.1 Å². The fourth-order valence-corrected chi connectivity index (χ4v) is 12.5. The number of nitrogens with one attached hydrogen (secondary N) is 3. The van der Waals surface area contributed by atoms with Gasteiger partial charge in [-0.1, -0.05) is 53.6 Å². The molecule has 1 atom stereocenters. The van der Waals surface area contributed by atoms with Crippen LogP contribution in [0.1, 0.15) is 30.9 Å². The molecule has 3 aromatic heterocycles. The van der Waals surface area contributed by atoms with Gasteiger partial charge < -0.3 is 45.4 Å². The number of pyridine rings is 2. The minimum atomic E-state index is -4.50. The second-order valence-electron chi connectivity index (χ2n) is 19.3. The second kappa shape index (κ2) is 25.1. The van der Waals surface area contributed by atoms with E-state index in [0.717, 1.165) is 28.8 Å². The lowest BCUT2D eigenvalue weighted by atomic mass is 9.98. The standard InChI is InChI=1S/C54H58F2N12O10S3/c1-32(2)38-27-40(47(70)28-46(38)69)50-61-62-53(73)68(50)37-8-4-33(5-9-37)30-64-14-16-66(17-15-64)52(72)60-44(49(57)71)31-80-79-23-22-78-54(74)67-20-18-65(19-21-67)45-12-13-58-42-10-6-34(24-39(42)45)35-25-43(51(77-3)59-29-35)63-81(75,76)48-11-7-36(55)26-41(48)56/h4-13,24-29,32,44,63,69-70H,14-23,30-31H2,1-3H3,(H2,57,71)(H,60,72)(H,62,73). The maximum absolute atomic E-state index is 14.5. The minimum Gasteiger partial charge on any atom is -0.508 e. The van der Waals surface area contributed by atoms with E-state index in [9.17, 15) is 46.6 Å². The van der Waals surface area contributed by atoms with Gasteiger partial charge in [-0.25, -0.2) is 46.2 Å². The highest BCUT2D eigenvalue weighted by atomic mass is 33.1. The van der Waals surface area contributed by atoms with Crippen LogP contribution in [0.2, 0.25) is 0 Å². The Morgan fingerprint density at radius 1 is 0.852 bits per heavy atom. The van der Waals surface area contributed by atoms with Gasteiger partial charge >= 0.3 is 17.8 Å². The van der Waals surface area contributed by atoms with E-state index in [4.69, 9.17) is 15.2 Å². The molecular formula is C54H58F2N12O10S3. The van der Waals surface area contributed by atoms with Crippen molar-refractivity contribution in [2.45, 2.75) is 37.2 Å². The number of phenols is 2. The summed E-state index contributed by atoms with van der Waals surface area (Å²) in [6, 6.07) is 20.0. The first-order valence-electron chi connectivity index (χ1n) is 25.6. The molecule has 1 unspecified atom stereocenters. The number of fused-ring (bicyclic) bond motifs is 1. The first-order valence-corrected chi connectivity index (χ1v) is 29.6. The predicted molar refractivity (Wildman–Crippen MR) is 304 cm³/mol. The van der Waals surface area contributed by atoms with E-state index in [0.29, 0.717) is 104 Å². The maximum atomic E-state index is 14.5. The molecule has 7 aromatic rings. The molecule has 4 aromatic carbocycles. The Morgan fingerprint density at radius 3 is 2.30 bits per heavy atom. The van der Waals surface area contributed by atoms with Crippen molar-refractivity contribution in [3.63, 3.8) is 0 Å². The fourth-order valence-electron chi connectivity index (χ4n) is 9.39. The third-order valence-electron chi connectivity index (χ3n) is 13.7. The number of aromatic nitrogens is 5. The number of sulfonamides is 1. The number of nitrogens with two attached hydrogens (primary N) is 1. The van der Waals surface area contributed by atoms with Gasteiger partial charge in [0.1, 0.15) is 46.4 Å². The number of hydrogen-bond donors (Lipinski definition) is 6. The zero-order valence-electron chi connectivity index (χ0n) is 44.2. The number of nitrogens with zero attached hydrogens (tertiary/aromatic N) is 8. The molecule has 0 bridgehead atoms. The van der Waals surface area contributed by atoms with E-state index >= 15 is 0 Å². The summed E-state index contributed by atoms with van der Waals surface area (Å²) < 4.78 is 68.9. The van der Waals surface area contributed by atoms with Gasteiger partial charge in [0.15, 0.2) is 5.82 Å². The van der Waals surface area contributed by atoms with E-state index in [1.54, 1.807) is 40.3 Å². The van der Waals surface area contributed by atoms with Crippen LogP contribution in [-0.4, -0.2) is 160 Å². The number of hydrogen-bond acceptors (Lipinski definition) is 17. The van der Waals surface area contributed by atoms with Gasteiger partial charge in [-0.15, -0.1) is 0 Å². The third-order valence-corrected chi connectivity index (χ3v) is 17.5. The van der Waals surface area contributed by atoms with Crippen molar-refractivity contribution in [3.05, 3.63) is 131 Å². The Bertz CT molecular complexity index is 3630. The maximum Gasteiger partial charge on any atom is 0.409 e.